The number of hydrogen-bond donors (Lipinski definition) is 0. The summed E-state index contributed by atoms with van der Waals surface area (Å²) in [4.78, 5) is 15.9. The Balaban J connectivity index is 1.41. The molecule has 1 unspecified atom stereocenters. The minimum Gasteiger partial charge on any atom is -0.378 e. The van der Waals surface area contributed by atoms with Crippen LogP contribution in [0, 0.1) is 5.92 Å². The molecule has 0 bridgehead atoms. The van der Waals surface area contributed by atoms with E-state index in [0.29, 0.717) is 12.3 Å². The van der Waals surface area contributed by atoms with Crippen LogP contribution in [-0.4, -0.2) is 36.6 Å². The monoisotopic (exact) mass is 307 g/mol. The second kappa shape index (κ2) is 7.41. The highest BCUT2D eigenvalue weighted by Crippen LogP contribution is 2.25. The maximum atomic E-state index is 12.3. The van der Waals surface area contributed by atoms with Crippen LogP contribution in [0.3, 0.4) is 0 Å². The van der Waals surface area contributed by atoms with Gasteiger partial charge in [0.15, 0.2) is 0 Å². The van der Waals surface area contributed by atoms with Crippen LogP contribution in [0.2, 0.25) is 0 Å². The van der Waals surface area contributed by atoms with E-state index in [-0.39, 0.29) is 6.10 Å². The third kappa shape index (κ3) is 4.30. The largest absolute Gasteiger partial charge is 0.378 e. The summed E-state index contributed by atoms with van der Waals surface area (Å²) in [5.74, 6) is 1.05. The Labute approximate surface area is 131 Å². The van der Waals surface area contributed by atoms with Crippen molar-refractivity contribution in [3.63, 3.8) is 0 Å². The van der Waals surface area contributed by atoms with Crippen LogP contribution in [0.15, 0.2) is 17.5 Å². The first-order chi connectivity index (χ1) is 10.3. The molecule has 21 heavy (non-hydrogen) atoms. The van der Waals surface area contributed by atoms with Gasteiger partial charge in [0, 0.05) is 24.6 Å². The molecule has 1 aromatic rings. The van der Waals surface area contributed by atoms with E-state index in [1.165, 1.54) is 17.7 Å². The van der Waals surface area contributed by atoms with E-state index in [9.17, 15) is 4.79 Å². The molecule has 4 heteroatoms. The Morgan fingerprint density at radius 3 is 2.81 bits per heavy atom. The average molecular weight is 307 g/mol. The fourth-order valence-electron chi connectivity index (χ4n) is 3.39. The average Bonchev–Trinajstić information content (AvgIpc) is 3.02. The number of rotatable bonds is 4. The molecule has 2 saturated heterocycles. The minimum atomic E-state index is 0.176. The zero-order valence-corrected chi connectivity index (χ0v) is 13.4. The molecule has 3 nitrogen and oxygen atoms in total. The van der Waals surface area contributed by atoms with Crippen LogP contribution >= 0.6 is 11.3 Å². The highest BCUT2D eigenvalue weighted by atomic mass is 32.1. The summed E-state index contributed by atoms with van der Waals surface area (Å²) in [7, 11) is 0. The van der Waals surface area contributed by atoms with Gasteiger partial charge < -0.3 is 9.64 Å². The molecular formula is C17H25NO2S. The van der Waals surface area contributed by atoms with Crippen molar-refractivity contribution in [2.24, 2.45) is 5.92 Å². The molecule has 2 aliphatic rings. The molecule has 3 rings (SSSR count). The lowest BCUT2D eigenvalue weighted by atomic mass is 9.92. The van der Waals surface area contributed by atoms with Crippen molar-refractivity contribution in [1.29, 1.82) is 0 Å². The smallest absolute Gasteiger partial charge is 0.225 e. The lowest BCUT2D eigenvalue weighted by Gasteiger charge is -2.33. The zero-order valence-electron chi connectivity index (χ0n) is 12.6. The fraction of sp³-hybridized carbons (Fsp3) is 0.706. The predicted octanol–water partition coefficient (Wildman–Crippen LogP) is 3.49. The van der Waals surface area contributed by atoms with Gasteiger partial charge in [-0.2, -0.15) is 0 Å². The van der Waals surface area contributed by atoms with Gasteiger partial charge in [0.25, 0.3) is 0 Å². The van der Waals surface area contributed by atoms with Gasteiger partial charge in [-0.3, -0.25) is 4.79 Å². The van der Waals surface area contributed by atoms with Crippen LogP contribution in [0.5, 0.6) is 0 Å². The van der Waals surface area contributed by atoms with E-state index in [1.807, 2.05) is 11.3 Å². The van der Waals surface area contributed by atoms with E-state index in [1.54, 1.807) is 0 Å². The predicted molar refractivity (Wildman–Crippen MR) is 85.5 cm³/mol. The first kappa shape index (κ1) is 15.0. The van der Waals surface area contributed by atoms with E-state index >= 15 is 0 Å². The van der Waals surface area contributed by atoms with Crippen molar-refractivity contribution in [2.45, 2.75) is 51.0 Å². The number of nitrogens with zero attached hydrogens (tertiary/aromatic N) is 1. The lowest BCUT2D eigenvalue weighted by molar-refractivity contribution is -0.136. The minimum absolute atomic E-state index is 0.176. The molecule has 1 atom stereocenters. The van der Waals surface area contributed by atoms with E-state index in [4.69, 9.17) is 4.74 Å². The van der Waals surface area contributed by atoms with Gasteiger partial charge in [0.2, 0.25) is 5.91 Å². The molecule has 1 amide bonds. The molecule has 0 radical (unpaired) electrons. The molecule has 0 spiro atoms. The van der Waals surface area contributed by atoms with Crippen LogP contribution in [0.4, 0.5) is 0 Å². The lowest BCUT2D eigenvalue weighted by Crippen LogP contribution is -2.40. The molecule has 0 N–H and O–H groups in total. The molecule has 2 aliphatic heterocycles. The van der Waals surface area contributed by atoms with Gasteiger partial charge in [0.05, 0.1) is 12.5 Å². The Kier molecular flexibility index (Phi) is 5.31. The number of hydrogen-bond acceptors (Lipinski definition) is 3. The highest BCUT2D eigenvalue weighted by molar-refractivity contribution is 7.09. The number of ether oxygens (including phenoxy) is 1. The fourth-order valence-corrected chi connectivity index (χ4v) is 4.21. The topological polar surface area (TPSA) is 29.5 Å². The van der Waals surface area contributed by atoms with E-state index in [2.05, 4.69) is 22.4 Å². The maximum absolute atomic E-state index is 12.3. The van der Waals surface area contributed by atoms with Gasteiger partial charge in [-0.25, -0.2) is 0 Å². The molecule has 116 valence electrons. The van der Waals surface area contributed by atoms with Crippen molar-refractivity contribution in [1.82, 2.24) is 4.90 Å². The number of thiophene rings is 1. The Bertz CT molecular complexity index is 432. The van der Waals surface area contributed by atoms with Crippen molar-refractivity contribution in [3.05, 3.63) is 22.4 Å². The molecule has 0 aliphatic carbocycles. The molecule has 3 heterocycles. The third-order valence-corrected chi connectivity index (χ3v) is 5.61. The summed E-state index contributed by atoms with van der Waals surface area (Å²) in [5.41, 5.74) is 0. The quantitative estimate of drug-likeness (QED) is 0.852. The highest BCUT2D eigenvalue weighted by Gasteiger charge is 2.26. The zero-order chi connectivity index (χ0) is 14.5. The standard InChI is InChI=1S/C17H25NO2S/c19-17(13-15-4-1-2-10-20-15)18-8-6-14(7-9-18)12-16-5-3-11-21-16/h3,5,11,14-15H,1-2,4,6-10,12-13H2. The number of carbonyl (C=O) groups is 1. The number of carbonyl (C=O) groups excluding carboxylic acids is 1. The molecule has 2 fully saturated rings. The Morgan fingerprint density at radius 1 is 1.29 bits per heavy atom. The summed E-state index contributed by atoms with van der Waals surface area (Å²) < 4.78 is 5.68. The second-order valence-electron chi connectivity index (χ2n) is 6.30. The first-order valence-electron chi connectivity index (χ1n) is 8.23. The van der Waals surface area contributed by atoms with Gasteiger partial charge >= 0.3 is 0 Å². The van der Waals surface area contributed by atoms with Gasteiger partial charge in [-0.05, 0) is 55.9 Å². The van der Waals surface area contributed by atoms with Gasteiger partial charge in [-0.1, -0.05) is 6.07 Å². The van der Waals surface area contributed by atoms with Gasteiger partial charge in [-0.15, -0.1) is 11.3 Å². The molecular weight excluding hydrogens is 282 g/mol. The summed E-state index contributed by atoms with van der Waals surface area (Å²) >= 11 is 1.85. The summed E-state index contributed by atoms with van der Waals surface area (Å²) in [6, 6.07) is 4.35. The van der Waals surface area contributed by atoms with Crippen LogP contribution < -0.4 is 0 Å². The van der Waals surface area contributed by atoms with Crippen LogP contribution in [0.25, 0.3) is 0 Å². The van der Waals surface area contributed by atoms with E-state index < -0.39 is 0 Å². The van der Waals surface area contributed by atoms with Gasteiger partial charge in [0.1, 0.15) is 0 Å². The maximum Gasteiger partial charge on any atom is 0.225 e. The molecule has 0 saturated carbocycles. The van der Waals surface area contributed by atoms with Crippen LogP contribution in [0.1, 0.15) is 43.4 Å². The first-order valence-corrected chi connectivity index (χ1v) is 9.11. The van der Waals surface area contributed by atoms with Crippen molar-refractivity contribution < 1.29 is 9.53 Å². The SMILES string of the molecule is O=C(CC1CCCCO1)N1CCC(Cc2cccs2)CC1. The third-order valence-electron chi connectivity index (χ3n) is 4.71. The summed E-state index contributed by atoms with van der Waals surface area (Å²) in [5, 5.41) is 2.15. The van der Waals surface area contributed by atoms with Crippen molar-refractivity contribution in [2.75, 3.05) is 19.7 Å². The molecule has 0 aromatic carbocycles. The number of amides is 1. The summed E-state index contributed by atoms with van der Waals surface area (Å²) in [6.45, 7) is 2.70. The summed E-state index contributed by atoms with van der Waals surface area (Å²) in [6.07, 6.45) is 7.67. The van der Waals surface area contributed by atoms with E-state index in [0.717, 1.165) is 51.3 Å². The second-order valence-corrected chi connectivity index (χ2v) is 7.33. The van der Waals surface area contributed by atoms with Crippen molar-refractivity contribution >= 4 is 17.2 Å². The van der Waals surface area contributed by atoms with Crippen LogP contribution in [-0.2, 0) is 16.0 Å². The Hall–Kier alpha value is -0.870. The Morgan fingerprint density at radius 2 is 2.14 bits per heavy atom. The molecule has 1 aromatic heterocycles. The number of likely N-dealkylation sites (tertiary alicyclic amines) is 1. The number of piperidine rings is 1. The van der Waals surface area contributed by atoms with Crippen molar-refractivity contribution in [3.8, 4) is 0 Å². The normalized spacial score (nSPS) is 24.2.